The summed E-state index contributed by atoms with van der Waals surface area (Å²) in [6.45, 7) is 5.26. The van der Waals surface area contributed by atoms with Crippen molar-refractivity contribution in [2.24, 2.45) is 5.92 Å². The average molecular weight is 622 g/mol. The number of carbonyl (C=O) groups is 1. The predicted octanol–water partition coefficient (Wildman–Crippen LogP) is 5.70. The number of ether oxygens (including phenoxy) is 2. The summed E-state index contributed by atoms with van der Waals surface area (Å²) < 4.78 is 13.3. The lowest BCUT2D eigenvalue weighted by molar-refractivity contribution is -0.276. The van der Waals surface area contributed by atoms with Gasteiger partial charge in [-0.25, -0.2) is 4.79 Å². The Morgan fingerprint density at radius 3 is 2.24 bits per heavy atom. The quantitative estimate of drug-likeness (QED) is 0.181. The number of nitrogens with zero attached hydrogens (tertiary/aromatic N) is 1. The molecule has 4 aromatic rings. The van der Waals surface area contributed by atoms with Crippen LogP contribution in [0.4, 0.5) is 4.79 Å². The van der Waals surface area contributed by atoms with Crippen LogP contribution in [0.2, 0.25) is 0 Å². The number of β-amino-alcohol motifs (C(OH)–C–C–N with tert-alkyl or cyclic N) is 1. The molecule has 2 amide bonds. The zero-order valence-corrected chi connectivity index (χ0v) is 26.2. The van der Waals surface area contributed by atoms with Crippen molar-refractivity contribution in [3.05, 3.63) is 131 Å². The van der Waals surface area contributed by atoms with E-state index >= 15 is 0 Å². The molecule has 240 valence electrons. The number of amides is 2. The highest BCUT2D eigenvalue weighted by Crippen LogP contribution is 2.42. The fourth-order valence-electron chi connectivity index (χ4n) is 6.35. The molecule has 4 N–H and O–H groups in total. The van der Waals surface area contributed by atoms with E-state index in [1.54, 1.807) is 0 Å². The van der Waals surface area contributed by atoms with Gasteiger partial charge in [0.15, 0.2) is 6.29 Å². The SMILES string of the molecule is C[C@@H]1[C@H](CN2CC[C@H](O)C2)O[C@H](c2ccc(-c3ccccc3CNC(=O)NCc3ccccc3)cc2)O[C@@H]1c1ccc(CO)cc1. The van der Waals surface area contributed by atoms with Gasteiger partial charge in [-0.2, -0.15) is 0 Å². The summed E-state index contributed by atoms with van der Waals surface area (Å²) in [5.41, 5.74) is 6.98. The van der Waals surface area contributed by atoms with Crippen molar-refractivity contribution < 1.29 is 24.5 Å². The first kappa shape index (κ1) is 31.9. The minimum Gasteiger partial charge on any atom is -0.392 e. The predicted molar refractivity (Wildman–Crippen MR) is 177 cm³/mol. The van der Waals surface area contributed by atoms with Crippen molar-refractivity contribution in [2.75, 3.05) is 19.6 Å². The second-order valence-corrected chi connectivity index (χ2v) is 12.3. The van der Waals surface area contributed by atoms with Crippen LogP contribution >= 0.6 is 0 Å². The molecule has 0 aliphatic carbocycles. The molecule has 2 saturated heterocycles. The van der Waals surface area contributed by atoms with E-state index in [0.717, 1.165) is 58.5 Å². The normalized spacial score (nSPS) is 23.2. The fraction of sp³-hybridized carbons (Fsp3) is 0.342. The number of aliphatic hydroxyl groups excluding tert-OH is 2. The van der Waals surface area contributed by atoms with E-state index in [1.807, 2.05) is 72.8 Å². The molecule has 2 fully saturated rings. The highest BCUT2D eigenvalue weighted by atomic mass is 16.7. The van der Waals surface area contributed by atoms with Crippen molar-refractivity contribution in [3.63, 3.8) is 0 Å². The molecule has 5 atom stereocenters. The number of aliphatic hydroxyl groups is 2. The van der Waals surface area contributed by atoms with Gasteiger partial charge in [0, 0.05) is 44.2 Å². The Morgan fingerprint density at radius 2 is 1.52 bits per heavy atom. The van der Waals surface area contributed by atoms with E-state index in [2.05, 4.69) is 52.8 Å². The van der Waals surface area contributed by atoms with Crippen LogP contribution in [0, 0.1) is 5.92 Å². The van der Waals surface area contributed by atoms with Gasteiger partial charge in [0.2, 0.25) is 0 Å². The van der Waals surface area contributed by atoms with Gasteiger partial charge in [0.1, 0.15) is 0 Å². The number of hydrogen-bond donors (Lipinski definition) is 4. The first-order chi connectivity index (χ1) is 22.5. The number of hydrogen-bond acceptors (Lipinski definition) is 6. The summed E-state index contributed by atoms with van der Waals surface area (Å²) in [6, 6.07) is 33.9. The number of benzene rings is 4. The third-order valence-corrected chi connectivity index (χ3v) is 9.06. The van der Waals surface area contributed by atoms with Gasteiger partial charge in [-0.15, -0.1) is 0 Å². The molecular weight excluding hydrogens is 578 g/mol. The molecule has 8 nitrogen and oxygen atoms in total. The number of carbonyl (C=O) groups excluding carboxylic acids is 1. The Hall–Kier alpha value is -4.05. The van der Waals surface area contributed by atoms with Crippen molar-refractivity contribution in [1.29, 1.82) is 0 Å². The standard InChI is InChI=1S/C38H43N3O5/c1-26-35(24-41-20-19-33(43)23-41)45-37(46-36(26)30-13-11-28(25-42)12-14-30)31-17-15-29(16-18-31)34-10-6-5-9-32(34)22-40-38(44)39-21-27-7-3-2-4-8-27/h2-18,26,33,35-37,42-43H,19-25H2,1H3,(H2,39,40,44)/t26-,33+,35+,36+,37+/m1/s1. The summed E-state index contributed by atoms with van der Waals surface area (Å²) in [7, 11) is 0. The highest BCUT2D eigenvalue weighted by Gasteiger charge is 2.39. The molecular formula is C38H43N3O5. The molecule has 4 aromatic carbocycles. The van der Waals surface area contributed by atoms with Crippen molar-refractivity contribution >= 4 is 6.03 Å². The molecule has 0 spiro atoms. The number of likely N-dealkylation sites (tertiary alicyclic amines) is 1. The fourth-order valence-corrected chi connectivity index (χ4v) is 6.35. The van der Waals surface area contributed by atoms with Crippen LogP contribution in [0.15, 0.2) is 103 Å². The van der Waals surface area contributed by atoms with Gasteiger partial charge in [-0.05, 0) is 39.8 Å². The van der Waals surface area contributed by atoms with Crippen molar-refractivity contribution in [2.45, 2.75) is 57.6 Å². The van der Waals surface area contributed by atoms with Gasteiger partial charge in [-0.1, -0.05) is 110 Å². The van der Waals surface area contributed by atoms with E-state index in [4.69, 9.17) is 9.47 Å². The molecule has 0 saturated carbocycles. The third kappa shape index (κ3) is 7.84. The van der Waals surface area contributed by atoms with Gasteiger partial charge in [-0.3, -0.25) is 4.90 Å². The zero-order valence-electron chi connectivity index (χ0n) is 26.2. The van der Waals surface area contributed by atoms with E-state index < -0.39 is 6.29 Å². The van der Waals surface area contributed by atoms with E-state index in [9.17, 15) is 15.0 Å². The maximum absolute atomic E-state index is 12.5. The number of rotatable bonds is 10. The summed E-state index contributed by atoms with van der Waals surface area (Å²) in [6.07, 6.45) is -0.351. The van der Waals surface area contributed by atoms with Crippen LogP contribution in [0.5, 0.6) is 0 Å². The van der Waals surface area contributed by atoms with Crippen LogP contribution in [0.25, 0.3) is 11.1 Å². The zero-order chi connectivity index (χ0) is 31.9. The Morgan fingerprint density at radius 1 is 0.826 bits per heavy atom. The van der Waals surface area contributed by atoms with Crippen LogP contribution in [-0.4, -0.2) is 53.0 Å². The van der Waals surface area contributed by atoms with Crippen LogP contribution < -0.4 is 10.6 Å². The Kier molecular flexibility index (Phi) is 10.4. The lowest BCUT2D eigenvalue weighted by Gasteiger charge is -2.42. The maximum atomic E-state index is 12.5. The van der Waals surface area contributed by atoms with E-state index in [0.29, 0.717) is 19.6 Å². The van der Waals surface area contributed by atoms with Crippen LogP contribution in [-0.2, 0) is 29.2 Å². The second-order valence-electron chi connectivity index (χ2n) is 12.3. The minimum atomic E-state index is -0.560. The molecule has 0 radical (unpaired) electrons. The molecule has 46 heavy (non-hydrogen) atoms. The summed E-state index contributed by atoms with van der Waals surface area (Å²) in [4.78, 5) is 14.8. The third-order valence-electron chi connectivity index (χ3n) is 9.06. The topological polar surface area (TPSA) is 103 Å². The van der Waals surface area contributed by atoms with Gasteiger partial charge < -0.3 is 30.3 Å². The smallest absolute Gasteiger partial charge is 0.315 e. The Balaban J connectivity index is 1.16. The molecule has 0 bridgehead atoms. The molecule has 2 heterocycles. The average Bonchev–Trinajstić information content (AvgIpc) is 3.52. The molecule has 2 aliphatic heterocycles. The molecule has 0 aromatic heterocycles. The van der Waals surface area contributed by atoms with Crippen molar-refractivity contribution in [1.82, 2.24) is 15.5 Å². The highest BCUT2D eigenvalue weighted by molar-refractivity contribution is 5.75. The summed E-state index contributed by atoms with van der Waals surface area (Å²) in [5.74, 6) is 0.0810. The van der Waals surface area contributed by atoms with Gasteiger partial charge in [0.25, 0.3) is 0 Å². The molecule has 6 rings (SSSR count). The first-order valence-electron chi connectivity index (χ1n) is 16.1. The molecule has 0 unspecified atom stereocenters. The van der Waals surface area contributed by atoms with E-state index in [1.165, 1.54) is 0 Å². The maximum Gasteiger partial charge on any atom is 0.315 e. The lowest BCUT2D eigenvalue weighted by atomic mass is 9.90. The lowest BCUT2D eigenvalue weighted by Crippen LogP contribution is -2.44. The minimum absolute atomic E-state index is 0.0000000610. The van der Waals surface area contributed by atoms with Crippen LogP contribution in [0.1, 0.15) is 53.6 Å². The van der Waals surface area contributed by atoms with Crippen LogP contribution in [0.3, 0.4) is 0 Å². The summed E-state index contributed by atoms with van der Waals surface area (Å²) >= 11 is 0. The Bertz CT molecular complexity index is 1560. The Labute approximate surface area is 271 Å². The second kappa shape index (κ2) is 15.0. The van der Waals surface area contributed by atoms with Crippen molar-refractivity contribution in [3.8, 4) is 11.1 Å². The van der Waals surface area contributed by atoms with E-state index in [-0.39, 0.29) is 36.9 Å². The van der Waals surface area contributed by atoms with Gasteiger partial charge in [0.05, 0.1) is 24.9 Å². The number of nitrogens with one attached hydrogen (secondary N) is 2. The largest absolute Gasteiger partial charge is 0.392 e. The summed E-state index contributed by atoms with van der Waals surface area (Å²) in [5, 5.41) is 25.6. The molecule has 2 aliphatic rings. The number of urea groups is 1. The first-order valence-corrected chi connectivity index (χ1v) is 16.1. The van der Waals surface area contributed by atoms with Gasteiger partial charge >= 0.3 is 6.03 Å². The monoisotopic (exact) mass is 621 g/mol. The molecule has 8 heteroatoms.